The maximum atomic E-state index is 11.9. The number of para-hydroxylation sites is 1. The van der Waals surface area contributed by atoms with Gasteiger partial charge in [-0.15, -0.1) is 0 Å². The van der Waals surface area contributed by atoms with Crippen LogP contribution in [0.5, 0.6) is 0 Å². The molecule has 0 saturated carbocycles. The Hall–Kier alpha value is -2.46. The number of rotatable bonds is 4. The van der Waals surface area contributed by atoms with Gasteiger partial charge in [0.25, 0.3) is 0 Å². The van der Waals surface area contributed by atoms with Gasteiger partial charge < -0.3 is 5.32 Å². The fourth-order valence-corrected chi connectivity index (χ4v) is 2.44. The molecule has 118 valence electrons. The summed E-state index contributed by atoms with van der Waals surface area (Å²) in [5, 5.41) is 6.10. The van der Waals surface area contributed by atoms with Crippen LogP contribution >= 0.6 is 12.2 Å². The molecule has 0 bridgehead atoms. The van der Waals surface area contributed by atoms with E-state index in [1.54, 1.807) is 6.08 Å². The van der Waals surface area contributed by atoms with E-state index >= 15 is 0 Å². The predicted octanol–water partition coefficient (Wildman–Crippen LogP) is 4.08. The van der Waals surface area contributed by atoms with Crippen molar-refractivity contribution in [3.8, 4) is 0 Å². The van der Waals surface area contributed by atoms with Crippen LogP contribution in [0.3, 0.4) is 0 Å². The lowest BCUT2D eigenvalue weighted by Crippen LogP contribution is -2.33. The molecule has 0 unspecified atom stereocenters. The molecule has 0 aromatic heterocycles. The van der Waals surface area contributed by atoms with Gasteiger partial charge in [-0.25, -0.2) is 0 Å². The maximum absolute atomic E-state index is 11.9. The minimum Gasteiger partial charge on any atom is -0.332 e. The minimum absolute atomic E-state index is 0.252. The fourth-order valence-electron chi connectivity index (χ4n) is 2.24. The lowest BCUT2D eigenvalue weighted by atomic mass is 10.1. The van der Waals surface area contributed by atoms with Gasteiger partial charge in [-0.3, -0.25) is 10.1 Å². The molecule has 23 heavy (non-hydrogen) atoms. The van der Waals surface area contributed by atoms with Crippen LogP contribution < -0.4 is 10.6 Å². The molecule has 0 aliphatic heterocycles. The van der Waals surface area contributed by atoms with Crippen LogP contribution in [-0.4, -0.2) is 11.0 Å². The number of anilines is 1. The molecule has 0 saturated heterocycles. The van der Waals surface area contributed by atoms with E-state index < -0.39 is 0 Å². The van der Waals surface area contributed by atoms with Crippen molar-refractivity contribution in [2.45, 2.75) is 20.3 Å². The summed E-state index contributed by atoms with van der Waals surface area (Å²) in [5.74, 6) is -0.252. The number of carbonyl (C=O) groups is 1. The van der Waals surface area contributed by atoms with Crippen molar-refractivity contribution in [1.82, 2.24) is 5.32 Å². The van der Waals surface area contributed by atoms with Gasteiger partial charge in [0.05, 0.1) is 0 Å². The Labute approximate surface area is 142 Å². The van der Waals surface area contributed by atoms with E-state index in [2.05, 4.69) is 23.6 Å². The van der Waals surface area contributed by atoms with Crippen LogP contribution in [0.15, 0.2) is 54.6 Å². The van der Waals surface area contributed by atoms with Crippen LogP contribution in [-0.2, 0) is 11.2 Å². The van der Waals surface area contributed by atoms with E-state index in [1.165, 1.54) is 11.6 Å². The summed E-state index contributed by atoms with van der Waals surface area (Å²) in [5.41, 5.74) is 4.20. The summed E-state index contributed by atoms with van der Waals surface area (Å²) in [4.78, 5) is 11.9. The monoisotopic (exact) mass is 324 g/mol. The van der Waals surface area contributed by atoms with Gasteiger partial charge in [-0.2, -0.15) is 0 Å². The second-order valence-electron chi connectivity index (χ2n) is 5.15. The number of nitrogens with one attached hydrogen (secondary N) is 2. The lowest BCUT2D eigenvalue weighted by molar-refractivity contribution is -0.115. The molecule has 0 aliphatic rings. The molecule has 1 amide bonds. The molecule has 0 atom stereocenters. The van der Waals surface area contributed by atoms with E-state index in [0.29, 0.717) is 5.11 Å². The first-order valence-electron chi connectivity index (χ1n) is 7.53. The second kappa shape index (κ2) is 8.25. The number of thiocarbonyl (C=S) groups is 1. The normalized spacial score (nSPS) is 10.5. The van der Waals surface area contributed by atoms with Crippen LogP contribution in [0.25, 0.3) is 6.08 Å². The molecule has 0 fully saturated rings. The van der Waals surface area contributed by atoms with Gasteiger partial charge in [-0.05, 0) is 48.3 Å². The third-order valence-electron chi connectivity index (χ3n) is 3.44. The molecule has 0 aliphatic carbocycles. The van der Waals surface area contributed by atoms with Crippen molar-refractivity contribution in [2.24, 2.45) is 0 Å². The standard InChI is InChI=1S/C19H20N2OS/c1-3-16-11-7-8-14(2)18(16)21-19(23)20-17(22)13-12-15-9-5-4-6-10-15/h4-13H,3H2,1-2H3,(H2,20,21,22,23). The molecule has 2 rings (SSSR count). The Morgan fingerprint density at radius 2 is 1.87 bits per heavy atom. The summed E-state index contributed by atoms with van der Waals surface area (Å²) in [6.07, 6.45) is 4.12. The molecule has 0 radical (unpaired) electrons. The Morgan fingerprint density at radius 3 is 2.57 bits per heavy atom. The quantitative estimate of drug-likeness (QED) is 0.657. The summed E-state index contributed by atoms with van der Waals surface area (Å²) in [7, 11) is 0. The largest absolute Gasteiger partial charge is 0.332 e. The average molecular weight is 324 g/mol. The Bertz CT molecular complexity index is 723. The van der Waals surface area contributed by atoms with E-state index in [4.69, 9.17) is 12.2 Å². The molecule has 2 N–H and O–H groups in total. The van der Waals surface area contributed by atoms with E-state index in [-0.39, 0.29) is 5.91 Å². The van der Waals surface area contributed by atoms with Crippen molar-refractivity contribution in [2.75, 3.05) is 5.32 Å². The van der Waals surface area contributed by atoms with E-state index in [1.807, 2.05) is 49.4 Å². The summed E-state index contributed by atoms with van der Waals surface area (Å²) < 4.78 is 0. The zero-order valence-corrected chi connectivity index (χ0v) is 14.1. The molecule has 3 nitrogen and oxygen atoms in total. The highest BCUT2D eigenvalue weighted by Gasteiger charge is 2.07. The molecule has 0 heterocycles. The van der Waals surface area contributed by atoms with Gasteiger partial charge in [0.2, 0.25) is 5.91 Å². The van der Waals surface area contributed by atoms with Crippen molar-refractivity contribution < 1.29 is 4.79 Å². The topological polar surface area (TPSA) is 41.1 Å². The summed E-state index contributed by atoms with van der Waals surface area (Å²) >= 11 is 5.23. The van der Waals surface area contributed by atoms with E-state index in [9.17, 15) is 4.79 Å². The van der Waals surface area contributed by atoms with Gasteiger partial charge in [0, 0.05) is 11.8 Å². The van der Waals surface area contributed by atoms with E-state index in [0.717, 1.165) is 23.2 Å². The highest BCUT2D eigenvalue weighted by atomic mass is 32.1. The second-order valence-corrected chi connectivity index (χ2v) is 5.56. The summed E-state index contributed by atoms with van der Waals surface area (Å²) in [6.45, 7) is 4.10. The van der Waals surface area contributed by atoms with Gasteiger partial charge in [-0.1, -0.05) is 55.5 Å². The highest BCUT2D eigenvalue weighted by molar-refractivity contribution is 7.80. The van der Waals surface area contributed by atoms with Crippen molar-refractivity contribution >= 4 is 35.0 Å². The van der Waals surface area contributed by atoms with Crippen LogP contribution in [0, 0.1) is 6.92 Å². The number of hydrogen-bond donors (Lipinski definition) is 2. The number of aryl methyl sites for hydroxylation is 2. The third-order valence-corrected chi connectivity index (χ3v) is 3.65. The minimum atomic E-state index is -0.252. The molecular formula is C19H20N2OS. The average Bonchev–Trinajstić information content (AvgIpc) is 2.55. The predicted molar refractivity (Wildman–Crippen MR) is 100 cm³/mol. The van der Waals surface area contributed by atoms with Crippen LogP contribution in [0.1, 0.15) is 23.6 Å². The van der Waals surface area contributed by atoms with Crippen LogP contribution in [0.2, 0.25) is 0 Å². The summed E-state index contributed by atoms with van der Waals surface area (Å²) in [6, 6.07) is 15.7. The zero-order chi connectivity index (χ0) is 16.7. The first-order valence-corrected chi connectivity index (χ1v) is 7.94. The Balaban J connectivity index is 1.97. The number of benzene rings is 2. The Kier molecular flexibility index (Phi) is 6.06. The molecule has 4 heteroatoms. The first-order chi connectivity index (χ1) is 11.1. The number of hydrogen-bond acceptors (Lipinski definition) is 2. The highest BCUT2D eigenvalue weighted by Crippen LogP contribution is 2.20. The van der Waals surface area contributed by atoms with Crippen LogP contribution in [0.4, 0.5) is 5.69 Å². The lowest BCUT2D eigenvalue weighted by Gasteiger charge is -2.14. The molecular weight excluding hydrogens is 304 g/mol. The SMILES string of the molecule is CCc1cccc(C)c1NC(=S)NC(=O)C=Cc1ccccc1. The van der Waals surface area contributed by atoms with Crippen molar-refractivity contribution in [3.05, 3.63) is 71.3 Å². The van der Waals surface area contributed by atoms with Gasteiger partial charge in [0.1, 0.15) is 0 Å². The maximum Gasteiger partial charge on any atom is 0.250 e. The Morgan fingerprint density at radius 1 is 1.13 bits per heavy atom. The molecule has 2 aromatic carbocycles. The first kappa shape index (κ1) is 16.9. The third kappa shape index (κ3) is 5.04. The van der Waals surface area contributed by atoms with Gasteiger partial charge >= 0.3 is 0 Å². The zero-order valence-electron chi connectivity index (χ0n) is 13.3. The number of amides is 1. The fraction of sp³-hybridized carbons (Fsp3) is 0.158. The number of carbonyl (C=O) groups excluding carboxylic acids is 1. The smallest absolute Gasteiger partial charge is 0.250 e. The molecule has 2 aromatic rings. The van der Waals surface area contributed by atoms with Gasteiger partial charge in [0.15, 0.2) is 5.11 Å². The van der Waals surface area contributed by atoms with Crippen molar-refractivity contribution in [1.29, 1.82) is 0 Å². The van der Waals surface area contributed by atoms with Crippen molar-refractivity contribution in [3.63, 3.8) is 0 Å². The molecule has 0 spiro atoms.